The van der Waals surface area contributed by atoms with Gasteiger partial charge in [0.05, 0.1) is 60.5 Å². The minimum atomic E-state index is -3.51. The molecule has 2 aliphatic heterocycles. The van der Waals surface area contributed by atoms with Crippen LogP contribution in [-0.4, -0.2) is 96.1 Å². The zero-order valence-electron chi connectivity index (χ0n) is 28.4. The second-order valence-corrected chi connectivity index (χ2v) is 16.7. The number of rotatable bonds is 11. The van der Waals surface area contributed by atoms with Gasteiger partial charge >= 0.3 is 0 Å². The Morgan fingerprint density at radius 3 is 1.34 bits per heavy atom. The van der Waals surface area contributed by atoms with Crippen LogP contribution in [0.4, 0.5) is 0 Å². The molecule has 50 heavy (non-hydrogen) atoms. The third-order valence-corrected chi connectivity index (χ3v) is 10.7. The summed E-state index contributed by atoms with van der Waals surface area (Å²) in [7, 11) is -7.03. The Morgan fingerprint density at radius 2 is 1.00 bits per heavy atom. The predicted molar refractivity (Wildman–Crippen MR) is 189 cm³/mol. The second-order valence-electron chi connectivity index (χ2n) is 13.1. The number of aromatic nitrogens is 4. The summed E-state index contributed by atoms with van der Waals surface area (Å²) in [5, 5.41) is 0. The molecule has 2 amide bonds. The van der Waals surface area contributed by atoms with E-state index in [1.54, 1.807) is 36.0 Å². The lowest BCUT2D eigenvalue weighted by molar-refractivity contribution is -0.134. The van der Waals surface area contributed by atoms with E-state index in [9.17, 15) is 26.4 Å². The number of amides is 2. The largest absolute Gasteiger partial charge is 0.340 e. The highest BCUT2D eigenvalue weighted by atomic mass is 32.2. The maximum absolute atomic E-state index is 13.0. The van der Waals surface area contributed by atoms with Gasteiger partial charge in [-0.2, -0.15) is 0 Å². The van der Waals surface area contributed by atoms with Gasteiger partial charge in [0.25, 0.3) is 0 Å². The van der Waals surface area contributed by atoms with E-state index in [4.69, 9.17) is 0 Å². The van der Waals surface area contributed by atoms with E-state index in [1.165, 1.54) is 0 Å². The van der Waals surface area contributed by atoms with Crippen LogP contribution in [0.3, 0.4) is 0 Å². The number of aromatic amines is 2. The molecule has 4 N–H and O–H groups in total. The molecular formula is C34H42N8O6S2. The van der Waals surface area contributed by atoms with Crippen molar-refractivity contribution in [3.05, 3.63) is 72.6 Å². The number of nitrogens with one attached hydrogen (secondary N) is 4. The molecule has 4 heterocycles. The topological polar surface area (TPSA) is 190 Å². The van der Waals surface area contributed by atoms with E-state index in [1.807, 2.05) is 48.5 Å². The Hall–Kier alpha value is -4.38. The number of sulfonamides is 2. The van der Waals surface area contributed by atoms with Crippen LogP contribution < -0.4 is 9.44 Å². The average Bonchev–Trinajstić information content (AvgIpc) is 3.88. The molecule has 2 fully saturated rings. The maximum atomic E-state index is 13.0. The summed E-state index contributed by atoms with van der Waals surface area (Å²) in [6.07, 6.45) is 8.68. The van der Waals surface area contributed by atoms with Gasteiger partial charge in [-0.15, -0.1) is 0 Å². The minimum absolute atomic E-state index is 0.253. The van der Waals surface area contributed by atoms with Gasteiger partial charge < -0.3 is 19.8 Å². The molecule has 0 aliphatic carbocycles. The van der Waals surface area contributed by atoms with Crippen LogP contribution in [0.2, 0.25) is 0 Å². The highest BCUT2D eigenvalue weighted by Crippen LogP contribution is 2.34. The third-order valence-electron chi connectivity index (χ3n) is 9.14. The van der Waals surface area contributed by atoms with Crippen molar-refractivity contribution < 1.29 is 26.4 Å². The molecule has 0 spiro atoms. The Bertz CT molecular complexity index is 1930. The Balaban J connectivity index is 1.10. The van der Waals surface area contributed by atoms with E-state index in [-0.39, 0.29) is 23.9 Å². The van der Waals surface area contributed by atoms with Crippen molar-refractivity contribution in [1.82, 2.24) is 39.2 Å². The molecule has 2 aromatic carbocycles. The van der Waals surface area contributed by atoms with Gasteiger partial charge in [0.15, 0.2) is 0 Å². The van der Waals surface area contributed by atoms with Gasteiger partial charge in [0.1, 0.15) is 11.6 Å². The molecule has 2 aromatic heterocycles. The lowest BCUT2D eigenvalue weighted by Crippen LogP contribution is -2.46. The van der Waals surface area contributed by atoms with Crippen LogP contribution in [-0.2, 0) is 29.6 Å². The van der Waals surface area contributed by atoms with E-state index >= 15 is 0 Å². The minimum Gasteiger partial charge on any atom is -0.340 e. The summed E-state index contributed by atoms with van der Waals surface area (Å²) in [5.74, 6) is 0.791. The zero-order valence-corrected chi connectivity index (χ0v) is 30.0. The van der Waals surface area contributed by atoms with Crippen molar-refractivity contribution >= 4 is 31.9 Å². The molecule has 2 aliphatic rings. The first kappa shape index (κ1) is 35.4. The lowest BCUT2D eigenvalue weighted by atomic mass is 10.0. The molecule has 266 valence electrons. The Labute approximate surface area is 292 Å². The van der Waals surface area contributed by atoms with E-state index in [0.717, 1.165) is 71.8 Å². The first-order valence-electron chi connectivity index (χ1n) is 16.5. The van der Waals surface area contributed by atoms with Crippen molar-refractivity contribution in [2.45, 2.75) is 63.7 Å². The van der Waals surface area contributed by atoms with Gasteiger partial charge in [0.2, 0.25) is 31.9 Å². The number of carbonyl (C=O) groups is 2. The summed E-state index contributed by atoms with van der Waals surface area (Å²) >= 11 is 0. The van der Waals surface area contributed by atoms with Crippen LogP contribution in [0.5, 0.6) is 0 Å². The fourth-order valence-electron chi connectivity index (χ4n) is 6.86. The van der Waals surface area contributed by atoms with Crippen LogP contribution in [0.15, 0.2) is 60.9 Å². The number of carbonyl (C=O) groups excluding carboxylic acids is 2. The molecule has 4 atom stereocenters. The molecular weight excluding hydrogens is 681 g/mol. The highest BCUT2D eigenvalue weighted by molar-refractivity contribution is 7.89. The number of hydrogen-bond acceptors (Lipinski definition) is 8. The summed E-state index contributed by atoms with van der Waals surface area (Å²) in [4.78, 5) is 45.3. The number of hydrogen-bond donors (Lipinski definition) is 4. The Morgan fingerprint density at radius 1 is 0.660 bits per heavy atom. The fraction of sp³-hybridized carbons (Fsp3) is 0.412. The van der Waals surface area contributed by atoms with Gasteiger partial charge in [-0.25, -0.2) is 36.2 Å². The molecule has 0 saturated carbocycles. The summed E-state index contributed by atoms with van der Waals surface area (Å²) in [6.45, 7) is 4.18. The van der Waals surface area contributed by atoms with E-state index < -0.39 is 32.1 Å². The molecule has 6 rings (SSSR count). The van der Waals surface area contributed by atoms with Crippen LogP contribution in [0, 0.1) is 0 Å². The first-order valence-corrected chi connectivity index (χ1v) is 20.3. The monoisotopic (exact) mass is 722 g/mol. The van der Waals surface area contributed by atoms with Crippen LogP contribution in [0.25, 0.3) is 33.6 Å². The third kappa shape index (κ3) is 7.98. The van der Waals surface area contributed by atoms with Crippen molar-refractivity contribution in [3.8, 4) is 33.6 Å². The molecule has 0 radical (unpaired) electrons. The van der Waals surface area contributed by atoms with Crippen molar-refractivity contribution in [2.24, 2.45) is 0 Å². The summed E-state index contributed by atoms with van der Waals surface area (Å²) in [5.41, 5.74) is 5.59. The summed E-state index contributed by atoms with van der Waals surface area (Å²) < 4.78 is 51.3. The SMILES string of the molecule is C[C@H](NS(C)(=O)=O)C(=O)N1CCCC1c1ncc(-c2ccc(-c3ccc(-c4cnc(C5CCCN5C(=O)[C@H](C)NS(C)(=O)=O)[nH]4)cc3)cc2)[nH]1. The van der Waals surface area contributed by atoms with Crippen molar-refractivity contribution in [2.75, 3.05) is 25.6 Å². The van der Waals surface area contributed by atoms with Crippen LogP contribution in [0.1, 0.15) is 63.3 Å². The number of nitrogens with zero attached hydrogens (tertiary/aromatic N) is 4. The molecule has 4 aromatic rings. The number of imidazole rings is 2. The standard InChI is InChI=1S/C34H42N8O6S2/c1-21(39-49(3,45)46)33(43)41-17-5-7-29(41)31-35-19-27(37-31)25-13-9-23(10-14-25)24-11-15-26(16-12-24)28-20-36-32(38-28)30-8-6-18-42(30)34(44)22(2)40-50(4,47)48/h9-16,19-22,29-30,39-40H,5-8,17-18H2,1-4H3,(H,35,37)(H,36,38)/t21-,22-,29?,30?/m0/s1. The number of H-pyrrole nitrogens is 2. The molecule has 16 heteroatoms. The molecule has 0 bridgehead atoms. The smallest absolute Gasteiger partial charge is 0.241 e. The average molecular weight is 723 g/mol. The first-order chi connectivity index (χ1) is 23.7. The number of likely N-dealkylation sites (tertiary alicyclic amines) is 2. The van der Waals surface area contributed by atoms with Gasteiger partial charge in [-0.3, -0.25) is 9.59 Å². The zero-order chi connectivity index (χ0) is 35.8. The van der Waals surface area contributed by atoms with Gasteiger partial charge in [-0.1, -0.05) is 48.5 Å². The van der Waals surface area contributed by atoms with E-state index in [2.05, 4.69) is 29.4 Å². The molecule has 14 nitrogen and oxygen atoms in total. The summed E-state index contributed by atoms with van der Waals surface area (Å²) in [6, 6.07) is 14.0. The van der Waals surface area contributed by atoms with E-state index in [0.29, 0.717) is 24.7 Å². The Kier molecular flexibility index (Phi) is 9.99. The predicted octanol–water partition coefficient (Wildman–Crippen LogP) is 3.34. The maximum Gasteiger partial charge on any atom is 0.241 e. The van der Waals surface area contributed by atoms with Crippen molar-refractivity contribution in [1.29, 1.82) is 0 Å². The fourth-order valence-corrected chi connectivity index (χ4v) is 8.35. The quantitative estimate of drug-likeness (QED) is 0.181. The van der Waals surface area contributed by atoms with Crippen LogP contribution >= 0.6 is 0 Å². The molecule has 2 saturated heterocycles. The normalized spacial score (nSPS) is 19.5. The highest BCUT2D eigenvalue weighted by Gasteiger charge is 2.36. The lowest BCUT2D eigenvalue weighted by Gasteiger charge is -2.26. The second kappa shape index (κ2) is 14.1. The molecule has 2 unspecified atom stereocenters. The number of benzene rings is 2. The van der Waals surface area contributed by atoms with Crippen molar-refractivity contribution in [3.63, 3.8) is 0 Å². The van der Waals surface area contributed by atoms with Gasteiger partial charge in [0, 0.05) is 13.1 Å². The van der Waals surface area contributed by atoms with Gasteiger partial charge in [-0.05, 0) is 61.8 Å².